The number of aromatic nitrogens is 1. The molecule has 4 nitrogen and oxygen atoms in total. The molecule has 1 aromatic heterocycles. The van der Waals surface area contributed by atoms with Gasteiger partial charge in [0.05, 0.1) is 7.11 Å². The normalized spacial score (nSPS) is 14.6. The average molecular weight is 404 g/mol. The summed E-state index contributed by atoms with van der Waals surface area (Å²) in [5.74, 6) is 0.792. The van der Waals surface area contributed by atoms with Gasteiger partial charge in [-0.2, -0.15) is 0 Å². The molecule has 3 aromatic rings. The van der Waals surface area contributed by atoms with Gasteiger partial charge in [0.15, 0.2) is 0 Å². The van der Waals surface area contributed by atoms with Crippen LogP contribution in [0.5, 0.6) is 5.75 Å². The maximum atomic E-state index is 13.3. The number of nitrogens with zero attached hydrogens (tertiary/aromatic N) is 2. The summed E-state index contributed by atoms with van der Waals surface area (Å²) in [6, 6.07) is 18.0. The van der Waals surface area contributed by atoms with Crippen molar-refractivity contribution in [3.05, 3.63) is 83.4 Å². The van der Waals surface area contributed by atoms with E-state index in [1.807, 2.05) is 36.1 Å². The molecule has 5 heteroatoms. The lowest BCUT2D eigenvalue weighted by molar-refractivity contribution is 0.0711. The first-order chi connectivity index (χ1) is 14.5. The topological polar surface area (TPSA) is 42.4 Å². The van der Waals surface area contributed by atoms with E-state index in [1.54, 1.807) is 25.3 Å². The van der Waals surface area contributed by atoms with Gasteiger partial charge in [0, 0.05) is 36.0 Å². The lowest BCUT2D eigenvalue weighted by Crippen LogP contribution is -2.38. The van der Waals surface area contributed by atoms with Gasteiger partial charge in [-0.1, -0.05) is 18.2 Å². The summed E-state index contributed by atoms with van der Waals surface area (Å²) >= 11 is 0. The van der Waals surface area contributed by atoms with Crippen molar-refractivity contribution in [1.29, 1.82) is 0 Å². The Labute approximate surface area is 176 Å². The second-order valence-corrected chi connectivity index (χ2v) is 7.73. The smallest absolute Gasteiger partial charge is 0.253 e. The summed E-state index contributed by atoms with van der Waals surface area (Å²) < 4.78 is 18.5. The molecule has 2 aromatic carbocycles. The first-order valence-electron chi connectivity index (χ1n) is 10.2. The van der Waals surface area contributed by atoms with Gasteiger partial charge in [-0.25, -0.2) is 4.39 Å². The Hall–Kier alpha value is -3.21. The molecule has 0 radical (unpaired) electrons. The lowest BCUT2D eigenvalue weighted by Gasteiger charge is -2.32. The number of methoxy groups -OCH3 is 1. The number of aryl methyl sites for hydroxylation is 1. The quantitative estimate of drug-likeness (QED) is 0.598. The van der Waals surface area contributed by atoms with E-state index >= 15 is 0 Å². The molecule has 0 spiro atoms. The van der Waals surface area contributed by atoms with Gasteiger partial charge < -0.3 is 9.64 Å². The second kappa shape index (κ2) is 8.66. The zero-order valence-corrected chi connectivity index (χ0v) is 17.3. The number of piperidine rings is 1. The number of carbonyl (C=O) groups excluding carboxylic acids is 1. The number of hydrogen-bond acceptors (Lipinski definition) is 3. The predicted octanol–water partition coefficient (Wildman–Crippen LogP) is 5.22. The molecule has 30 heavy (non-hydrogen) atoms. The molecule has 1 aliphatic heterocycles. The van der Waals surface area contributed by atoms with Gasteiger partial charge >= 0.3 is 0 Å². The maximum Gasteiger partial charge on any atom is 0.253 e. The summed E-state index contributed by atoms with van der Waals surface area (Å²) in [4.78, 5) is 19.5. The third-order valence-corrected chi connectivity index (χ3v) is 5.67. The Morgan fingerprint density at radius 1 is 1.03 bits per heavy atom. The van der Waals surface area contributed by atoms with Crippen LogP contribution in [0, 0.1) is 12.7 Å². The highest BCUT2D eigenvalue weighted by atomic mass is 19.1. The number of carbonyl (C=O) groups is 1. The molecular weight excluding hydrogens is 379 g/mol. The molecule has 0 N–H and O–H groups in total. The molecule has 0 aliphatic carbocycles. The third kappa shape index (κ3) is 4.35. The number of benzene rings is 2. The first-order valence-corrected chi connectivity index (χ1v) is 10.2. The zero-order chi connectivity index (χ0) is 21.1. The van der Waals surface area contributed by atoms with E-state index in [0.29, 0.717) is 30.3 Å². The van der Waals surface area contributed by atoms with E-state index in [0.717, 1.165) is 35.4 Å². The second-order valence-electron chi connectivity index (χ2n) is 7.73. The standard InChI is InChI=1S/C25H25FN2O2/c1-17-14-21(18-6-8-22(26)9-7-18)16-24(27-17)19-10-12-28(13-11-19)25(29)20-4-3-5-23(15-20)30-2/h3-9,14-16,19H,10-13H2,1-2H3. The number of hydrogen-bond donors (Lipinski definition) is 0. The molecule has 1 fully saturated rings. The monoisotopic (exact) mass is 404 g/mol. The van der Waals surface area contributed by atoms with Gasteiger partial charge in [-0.3, -0.25) is 9.78 Å². The van der Waals surface area contributed by atoms with Gasteiger partial charge in [-0.15, -0.1) is 0 Å². The highest BCUT2D eigenvalue weighted by Gasteiger charge is 2.26. The van der Waals surface area contributed by atoms with Gasteiger partial charge in [0.25, 0.3) is 5.91 Å². The largest absolute Gasteiger partial charge is 0.497 e. The third-order valence-electron chi connectivity index (χ3n) is 5.67. The van der Waals surface area contributed by atoms with Crippen LogP contribution in [0.25, 0.3) is 11.1 Å². The number of pyridine rings is 1. The van der Waals surface area contributed by atoms with Crippen LogP contribution in [0.1, 0.15) is 40.5 Å². The molecule has 2 heterocycles. The minimum Gasteiger partial charge on any atom is -0.497 e. The van der Waals surface area contributed by atoms with Crippen molar-refractivity contribution in [3.8, 4) is 16.9 Å². The highest BCUT2D eigenvalue weighted by molar-refractivity contribution is 5.94. The van der Waals surface area contributed by atoms with Gasteiger partial charge in [0.2, 0.25) is 0 Å². The first kappa shape index (κ1) is 20.1. The summed E-state index contributed by atoms with van der Waals surface area (Å²) in [6.45, 7) is 3.38. The van der Waals surface area contributed by atoms with E-state index < -0.39 is 0 Å². The molecule has 0 unspecified atom stereocenters. The maximum absolute atomic E-state index is 13.3. The minimum atomic E-state index is -0.238. The number of rotatable bonds is 4. The van der Waals surface area contributed by atoms with E-state index in [9.17, 15) is 9.18 Å². The summed E-state index contributed by atoms with van der Waals surface area (Å²) in [5, 5.41) is 0. The molecule has 1 saturated heterocycles. The van der Waals surface area contributed by atoms with Crippen molar-refractivity contribution in [3.63, 3.8) is 0 Å². The molecule has 1 amide bonds. The molecule has 0 saturated carbocycles. The highest BCUT2D eigenvalue weighted by Crippen LogP contribution is 2.31. The van der Waals surface area contributed by atoms with Crippen LogP contribution >= 0.6 is 0 Å². The van der Waals surface area contributed by atoms with Crippen molar-refractivity contribution in [2.24, 2.45) is 0 Å². The van der Waals surface area contributed by atoms with Crippen LogP contribution in [0.3, 0.4) is 0 Å². The van der Waals surface area contributed by atoms with Crippen LogP contribution in [0.15, 0.2) is 60.7 Å². The van der Waals surface area contributed by atoms with Crippen molar-refractivity contribution in [1.82, 2.24) is 9.88 Å². The molecular formula is C25H25FN2O2. The van der Waals surface area contributed by atoms with Gasteiger partial charge in [-0.05, 0) is 73.4 Å². The minimum absolute atomic E-state index is 0.0385. The number of likely N-dealkylation sites (tertiary alicyclic amines) is 1. The van der Waals surface area contributed by atoms with Crippen molar-refractivity contribution in [2.75, 3.05) is 20.2 Å². The van der Waals surface area contributed by atoms with Crippen molar-refractivity contribution >= 4 is 5.91 Å². The Kier molecular flexibility index (Phi) is 5.79. The molecule has 4 rings (SSSR count). The predicted molar refractivity (Wildman–Crippen MR) is 115 cm³/mol. The Bertz CT molecular complexity index is 1040. The fraction of sp³-hybridized carbons (Fsp3) is 0.280. The number of ether oxygens (including phenoxy) is 1. The summed E-state index contributed by atoms with van der Waals surface area (Å²) in [5.41, 5.74) is 4.67. The average Bonchev–Trinajstić information content (AvgIpc) is 2.79. The Balaban J connectivity index is 1.47. The van der Waals surface area contributed by atoms with Crippen LogP contribution in [-0.4, -0.2) is 36.0 Å². The van der Waals surface area contributed by atoms with E-state index in [-0.39, 0.29) is 11.7 Å². The van der Waals surface area contributed by atoms with Crippen LogP contribution in [0.2, 0.25) is 0 Å². The molecule has 154 valence electrons. The molecule has 1 aliphatic rings. The van der Waals surface area contributed by atoms with Crippen molar-refractivity contribution < 1.29 is 13.9 Å². The SMILES string of the molecule is COc1cccc(C(=O)N2CCC(c3cc(-c4ccc(F)cc4)cc(C)n3)CC2)c1. The fourth-order valence-electron chi connectivity index (χ4n) is 4.03. The lowest BCUT2D eigenvalue weighted by atomic mass is 9.91. The number of amides is 1. The van der Waals surface area contributed by atoms with Crippen LogP contribution in [0.4, 0.5) is 4.39 Å². The Morgan fingerprint density at radius 3 is 2.47 bits per heavy atom. The van der Waals surface area contributed by atoms with E-state index in [2.05, 4.69) is 6.07 Å². The summed E-state index contributed by atoms with van der Waals surface area (Å²) in [6.07, 6.45) is 1.74. The van der Waals surface area contributed by atoms with Crippen molar-refractivity contribution in [2.45, 2.75) is 25.7 Å². The van der Waals surface area contributed by atoms with Crippen LogP contribution in [-0.2, 0) is 0 Å². The fourth-order valence-corrected chi connectivity index (χ4v) is 4.03. The molecule has 0 bridgehead atoms. The summed E-state index contributed by atoms with van der Waals surface area (Å²) in [7, 11) is 1.60. The number of halogens is 1. The zero-order valence-electron chi connectivity index (χ0n) is 17.3. The van der Waals surface area contributed by atoms with Crippen LogP contribution < -0.4 is 4.74 Å². The van der Waals surface area contributed by atoms with E-state index in [4.69, 9.17) is 9.72 Å². The van der Waals surface area contributed by atoms with Gasteiger partial charge in [0.1, 0.15) is 11.6 Å². The molecule has 0 atom stereocenters. The Morgan fingerprint density at radius 2 is 1.77 bits per heavy atom. The van der Waals surface area contributed by atoms with E-state index in [1.165, 1.54) is 12.1 Å².